The summed E-state index contributed by atoms with van der Waals surface area (Å²) in [6.45, 7) is 1.48. The van der Waals surface area contributed by atoms with Gasteiger partial charge in [0.2, 0.25) is 0 Å². The predicted octanol–water partition coefficient (Wildman–Crippen LogP) is 3.10. The molecule has 0 fully saturated rings. The van der Waals surface area contributed by atoms with Gasteiger partial charge in [0, 0.05) is 3.57 Å². The van der Waals surface area contributed by atoms with E-state index in [4.69, 9.17) is 5.11 Å². The van der Waals surface area contributed by atoms with Crippen LogP contribution < -0.4 is 4.72 Å². The molecule has 2 aromatic rings. The molecule has 0 spiro atoms. The van der Waals surface area contributed by atoms with Crippen LogP contribution in [0.1, 0.15) is 15.9 Å². The summed E-state index contributed by atoms with van der Waals surface area (Å²) >= 11 is 2.02. The van der Waals surface area contributed by atoms with Crippen molar-refractivity contribution in [1.82, 2.24) is 0 Å². The number of aromatic carboxylic acids is 1. The molecule has 21 heavy (non-hydrogen) atoms. The number of hydrogen-bond acceptors (Lipinski definition) is 3. The topological polar surface area (TPSA) is 83.5 Å². The molecule has 0 bridgehead atoms. The van der Waals surface area contributed by atoms with Crippen LogP contribution in [0, 0.1) is 10.5 Å². The van der Waals surface area contributed by atoms with Gasteiger partial charge in [-0.2, -0.15) is 0 Å². The molecule has 0 radical (unpaired) electrons. The minimum atomic E-state index is -3.84. The number of carboxylic acid groups (broad SMARTS) is 1. The lowest BCUT2D eigenvalue weighted by molar-refractivity contribution is 0.0696. The fourth-order valence-electron chi connectivity index (χ4n) is 1.88. The molecule has 0 saturated heterocycles. The van der Waals surface area contributed by atoms with E-state index in [9.17, 15) is 13.2 Å². The molecule has 0 aliphatic carbocycles. The van der Waals surface area contributed by atoms with Crippen molar-refractivity contribution in [2.45, 2.75) is 11.8 Å². The van der Waals surface area contributed by atoms with E-state index in [-0.39, 0.29) is 16.0 Å². The van der Waals surface area contributed by atoms with Crippen LogP contribution in [0.5, 0.6) is 0 Å². The molecule has 0 aliphatic rings. The zero-order chi connectivity index (χ0) is 15.6. The van der Waals surface area contributed by atoms with Gasteiger partial charge in [0.05, 0.1) is 16.1 Å². The van der Waals surface area contributed by atoms with Crippen LogP contribution in [0.15, 0.2) is 47.4 Å². The average molecular weight is 417 g/mol. The van der Waals surface area contributed by atoms with Gasteiger partial charge in [0.15, 0.2) is 0 Å². The fraction of sp³-hybridized carbons (Fsp3) is 0.0714. The van der Waals surface area contributed by atoms with Crippen molar-refractivity contribution in [3.05, 3.63) is 57.2 Å². The first-order chi connectivity index (χ1) is 9.83. The molecule has 110 valence electrons. The van der Waals surface area contributed by atoms with Crippen LogP contribution >= 0.6 is 22.6 Å². The molecule has 0 saturated carbocycles. The molecule has 2 aromatic carbocycles. The smallest absolute Gasteiger partial charge is 0.335 e. The molecule has 0 heterocycles. The second-order valence-electron chi connectivity index (χ2n) is 4.32. The molecule has 0 aliphatic heterocycles. The molecular weight excluding hydrogens is 405 g/mol. The molecule has 7 heteroatoms. The largest absolute Gasteiger partial charge is 0.478 e. The summed E-state index contributed by atoms with van der Waals surface area (Å²) in [4.78, 5) is 11.1. The van der Waals surface area contributed by atoms with E-state index in [1.807, 2.05) is 22.6 Å². The minimum Gasteiger partial charge on any atom is -0.478 e. The van der Waals surface area contributed by atoms with Crippen LogP contribution in [0.2, 0.25) is 0 Å². The third-order valence-corrected chi connectivity index (χ3v) is 5.37. The molecule has 5 nitrogen and oxygen atoms in total. The van der Waals surface area contributed by atoms with E-state index in [2.05, 4.69) is 4.72 Å². The van der Waals surface area contributed by atoms with Crippen molar-refractivity contribution in [3.63, 3.8) is 0 Å². The Bertz CT molecular complexity index is 802. The first-order valence-corrected chi connectivity index (χ1v) is 8.49. The monoisotopic (exact) mass is 417 g/mol. The van der Waals surface area contributed by atoms with E-state index in [1.54, 1.807) is 24.3 Å². The van der Waals surface area contributed by atoms with Crippen molar-refractivity contribution in [1.29, 1.82) is 0 Å². The van der Waals surface area contributed by atoms with Crippen LogP contribution in [-0.2, 0) is 10.0 Å². The fourth-order valence-corrected chi connectivity index (χ4v) is 3.93. The highest BCUT2D eigenvalue weighted by molar-refractivity contribution is 14.1. The Morgan fingerprint density at radius 2 is 1.81 bits per heavy atom. The van der Waals surface area contributed by atoms with Gasteiger partial charge in [-0.1, -0.05) is 18.2 Å². The Morgan fingerprint density at radius 3 is 2.43 bits per heavy atom. The first kappa shape index (κ1) is 15.8. The Kier molecular flexibility index (Phi) is 4.52. The van der Waals surface area contributed by atoms with Crippen molar-refractivity contribution in [3.8, 4) is 0 Å². The van der Waals surface area contributed by atoms with E-state index in [0.717, 1.165) is 3.57 Å². The SMILES string of the molecule is Cc1c(C(=O)O)cccc1S(=O)(=O)Nc1ccccc1I. The maximum absolute atomic E-state index is 12.4. The Balaban J connectivity index is 2.48. The lowest BCUT2D eigenvalue weighted by atomic mass is 10.1. The number of sulfonamides is 1. The summed E-state index contributed by atoms with van der Waals surface area (Å²) in [6, 6.07) is 11.1. The molecule has 0 amide bonds. The normalized spacial score (nSPS) is 11.1. The highest BCUT2D eigenvalue weighted by Gasteiger charge is 2.21. The van der Waals surface area contributed by atoms with Gasteiger partial charge in [-0.25, -0.2) is 13.2 Å². The predicted molar refractivity (Wildman–Crippen MR) is 88.1 cm³/mol. The highest BCUT2D eigenvalue weighted by atomic mass is 127. The van der Waals surface area contributed by atoms with Crippen LogP contribution in [-0.4, -0.2) is 19.5 Å². The number of halogens is 1. The molecule has 2 rings (SSSR count). The maximum atomic E-state index is 12.4. The van der Waals surface area contributed by atoms with Crippen molar-refractivity contribution >= 4 is 44.3 Å². The Hall–Kier alpha value is -1.61. The van der Waals surface area contributed by atoms with E-state index < -0.39 is 16.0 Å². The van der Waals surface area contributed by atoms with E-state index in [1.165, 1.54) is 25.1 Å². The number of hydrogen-bond donors (Lipinski definition) is 2. The van der Waals surface area contributed by atoms with Gasteiger partial charge in [-0.3, -0.25) is 4.72 Å². The number of carboxylic acids is 1. The average Bonchev–Trinajstić information content (AvgIpc) is 2.41. The molecule has 0 atom stereocenters. The maximum Gasteiger partial charge on any atom is 0.335 e. The standard InChI is InChI=1S/C14H12INO4S/c1-9-10(14(17)18)5-4-8-13(9)21(19,20)16-12-7-3-2-6-11(12)15/h2-8,16H,1H3,(H,17,18). The molecule has 0 aromatic heterocycles. The third-order valence-electron chi connectivity index (χ3n) is 2.92. The second-order valence-corrected chi connectivity index (χ2v) is 7.13. The van der Waals surface area contributed by atoms with Crippen LogP contribution in [0.4, 0.5) is 5.69 Å². The summed E-state index contributed by atoms with van der Waals surface area (Å²) < 4.78 is 28.1. The zero-order valence-corrected chi connectivity index (χ0v) is 14.0. The highest BCUT2D eigenvalue weighted by Crippen LogP contribution is 2.24. The van der Waals surface area contributed by atoms with Crippen LogP contribution in [0.3, 0.4) is 0 Å². The van der Waals surface area contributed by atoms with Crippen molar-refractivity contribution < 1.29 is 18.3 Å². The summed E-state index contributed by atoms with van der Waals surface area (Å²) in [6.07, 6.45) is 0. The summed E-state index contributed by atoms with van der Waals surface area (Å²) in [5.41, 5.74) is 0.641. The van der Waals surface area contributed by atoms with E-state index in [0.29, 0.717) is 5.69 Å². The number of carbonyl (C=O) groups is 1. The lowest BCUT2D eigenvalue weighted by Crippen LogP contribution is -2.16. The van der Waals surface area contributed by atoms with Gasteiger partial charge in [0.25, 0.3) is 10.0 Å². The lowest BCUT2D eigenvalue weighted by Gasteiger charge is -2.12. The molecule has 2 N–H and O–H groups in total. The van der Waals surface area contributed by atoms with Gasteiger partial charge in [-0.05, 0) is 59.3 Å². The van der Waals surface area contributed by atoms with Gasteiger partial charge >= 0.3 is 5.97 Å². The summed E-state index contributed by atoms with van der Waals surface area (Å²) in [5, 5.41) is 9.07. The van der Waals surface area contributed by atoms with Gasteiger partial charge in [-0.15, -0.1) is 0 Å². The Labute approximate surface area is 136 Å². The third kappa shape index (κ3) is 3.35. The van der Waals surface area contributed by atoms with Crippen LogP contribution in [0.25, 0.3) is 0 Å². The summed E-state index contributed by atoms with van der Waals surface area (Å²) in [7, 11) is -3.84. The van der Waals surface area contributed by atoms with Crippen molar-refractivity contribution in [2.75, 3.05) is 4.72 Å². The van der Waals surface area contributed by atoms with Gasteiger partial charge in [0.1, 0.15) is 0 Å². The van der Waals surface area contributed by atoms with E-state index >= 15 is 0 Å². The Morgan fingerprint density at radius 1 is 1.14 bits per heavy atom. The number of nitrogens with one attached hydrogen (secondary N) is 1. The summed E-state index contributed by atoms with van der Waals surface area (Å²) in [5.74, 6) is -1.15. The quantitative estimate of drug-likeness (QED) is 0.750. The second kappa shape index (κ2) is 6.02. The molecule has 0 unspecified atom stereocenters. The first-order valence-electron chi connectivity index (χ1n) is 5.93. The van der Waals surface area contributed by atoms with Gasteiger partial charge < -0.3 is 5.11 Å². The minimum absolute atomic E-state index is 0.0272. The zero-order valence-electron chi connectivity index (χ0n) is 11.0. The number of para-hydroxylation sites is 1. The number of rotatable bonds is 4. The number of benzene rings is 2. The van der Waals surface area contributed by atoms with Crippen molar-refractivity contribution in [2.24, 2.45) is 0 Å². The number of anilines is 1. The molecular formula is C14H12INO4S.